The van der Waals surface area contributed by atoms with Crippen LogP contribution >= 0.6 is 15.9 Å². The molecule has 0 bridgehead atoms. The average Bonchev–Trinajstić information content (AvgIpc) is 2.94. The molecular formula is C17H26BrN3. The van der Waals surface area contributed by atoms with E-state index in [4.69, 9.17) is 0 Å². The maximum atomic E-state index is 4.33. The van der Waals surface area contributed by atoms with E-state index >= 15 is 0 Å². The molecule has 2 fully saturated rings. The van der Waals surface area contributed by atoms with Crippen molar-refractivity contribution in [2.75, 3.05) is 13.1 Å². The number of hydrogen-bond acceptors (Lipinski definition) is 3. The normalized spacial score (nSPS) is 29.1. The van der Waals surface area contributed by atoms with Gasteiger partial charge in [-0.2, -0.15) is 0 Å². The van der Waals surface area contributed by atoms with Crippen LogP contribution in [0.4, 0.5) is 0 Å². The second-order valence-electron chi connectivity index (χ2n) is 7.07. The lowest BCUT2D eigenvalue weighted by atomic mass is 9.84. The molecule has 2 heterocycles. The van der Waals surface area contributed by atoms with E-state index in [-0.39, 0.29) is 5.54 Å². The monoisotopic (exact) mass is 351 g/mol. The number of pyridine rings is 1. The number of halogens is 1. The highest BCUT2D eigenvalue weighted by Crippen LogP contribution is 2.39. The van der Waals surface area contributed by atoms with E-state index in [0.29, 0.717) is 5.54 Å². The molecule has 0 aromatic carbocycles. The van der Waals surface area contributed by atoms with Crippen molar-refractivity contribution in [1.82, 2.24) is 15.2 Å². The maximum absolute atomic E-state index is 4.33. The van der Waals surface area contributed by atoms with Gasteiger partial charge in [0.15, 0.2) is 0 Å². The minimum atomic E-state index is 0.243. The number of piperazine rings is 1. The average molecular weight is 352 g/mol. The molecule has 2 aliphatic rings. The van der Waals surface area contributed by atoms with Crippen LogP contribution in [0.15, 0.2) is 22.9 Å². The summed E-state index contributed by atoms with van der Waals surface area (Å²) >= 11 is 3.54. The van der Waals surface area contributed by atoms with Gasteiger partial charge in [0.1, 0.15) is 0 Å². The van der Waals surface area contributed by atoms with Crippen molar-refractivity contribution in [2.45, 2.75) is 63.6 Å². The molecule has 1 spiro atoms. The van der Waals surface area contributed by atoms with Crippen molar-refractivity contribution in [2.24, 2.45) is 0 Å². The molecule has 1 saturated heterocycles. The van der Waals surface area contributed by atoms with Crippen LogP contribution in [-0.4, -0.2) is 34.1 Å². The molecule has 1 saturated carbocycles. The van der Waals surface area contributed by atoms with Crippen molar-refractivity contribution in [1.29, 1.82) is 0 Å². The van der Waals surface area contributed by atoms with Crippen molar-refractivity contribution in [3.8, 4) is 0 Å². The fraction of sp³-hybridized carbons (Fsp3) is 0.706. The quantitative estimate of drug-likeness (QED) is 0.899. The highest BCUT2D eigenvalue weighted by atomic mass is 79.9. The Hall–Kier alpha value is -0.450. The van der Waals surface area contributed by atoms with E-state index in [0.717, 1.165) is 24.1 Å². The first-order valence-electron chi connectivity index (χ1n) is 8.15. The molecule has 116 valence electrons. The molecule has 1 N–H and O–H groups in total. The van der Waals surface area contributed by atoms with Gasteiger partial charge in [0.2, 0.25) is 0 Å². The van der Waals surface area contributed by atoms with Crippen LogP contribution in [0.3, 0.4) is 0 Å². The lowest BCUT2D eigenvalue weighted by Gasteiger charge is -2.52. The van der Waals surface area contributed by atoms with Gasteiger partial charge < -0.3 is 5.32 Å². The van der Waals surface area contributed by atoms with E-state index in [2.05, 4.69) is 51.0 Å². The summed E-state index contributed by atoms with van der Waals surface area (Å²) in [6.45, 7) is 7.94. The largest absolute Gasteiger partial charge is 0.308 e. The van der Waals surface area contributed by atoms with Crippen LogP contribution in [0.2, 0.25) is 0 Å². The molecule has 3 rings (SSSR count). The van der Waals surface area contributed by atoms with Gasteiger partial charge in [-0.05, 0) is 53.7 Å². The van der Waals surface area contributed by atoms with E-state index in [1.165, 1.54) is 37.7 Å². The lowest BCUT2D eigenvalue weighted by Crippen LogP contribution is -2.67. The van der Waals surface area contributed by atoms with Gasteiger partial charge in [-0.15, -0.1) is 0 Å². The topological polar surface area (TPSA) is 28.2 Å². The van der Waals surface area contributed by atoms with Crippen LogP contribution in [-0.2, 0) is 6.54 Å². The molecule has 1 atom stereocenters. The number of nitrogens with zero attached hydrogens (tertiary/aromatic N) is 2. The fourth-order valence-electron chi connectivity index (χ4n) is 3.88. The second kappa shape index (κ2) is 5.98. The molecule has 1 aliphatic carbocycles. The van der Waals surface area contributed by atoms with E-state index in [9.17, 15) is 0 Å². The Morgan fingerprint density at radius 3 is 2.76 bits per heavy atom. The molecule has 4 heteroatoms. The Labute approximate surface area is 136 Å². The SMILES string of the molecule is CCC1(C)CN(Cc2cncc(Br)c2)C2(CCCC2)CN1. The third-order valence-corrected chi connectivity index (χ3v) is 5.94. The van der Waals surface area contributed by atoms with E-state index < -0.39 is 0 Å². The van der Waals surface area contributed by atoms with Crippen LogP contribution in [0, 0.1) is 0 Å². The summed E-state index contributed by atoms with van der Waals surface area (Å²) in [5, 5.41) is 3.84. The Bertz CT molecular complexity index is 499. The van der Waals surface area contributed by atoms with E-state index in [1.54, 1.807) is 0 Å². The van der Waals surface area contributed by atoms with Gasteiger partial charge in [0.25, 0.3) is 0 Å². The third-order valence-electron chi connectivity index (χ3n) is 5.50. The van der Waals surface area contributed by atoms with Crippen LogP contribution in [0.25, 0.3) is 0 Å². The van der Waals surface area contributed by atoms with Gasteiger partial charge in [-0.25, -0.2) is 0 Å². The third kappa shape index (κ3) is 3.17. The van der Waals surface area contributed by atoms with E-state index in [1.807, 2.05) is 12.4 Å². The molecule has 3 nitrogen and oxygen atoms in total. The summed E-state index contributed by atoms with van der Waals surface area (Å²) < 4.78 is 1.08. The minimum absolute atomic E-state index is 0.243. The Balaban J connectivity index is 1.83. The first-order valence-corrected chi connectivity index (χ1v) is 8.94. The Kier molecular flexibility index (Phi) is 4.40. The summed E-state index contributed by atoms with van der Waals surface area (Å²) in [7, 11) is 0. The second-order valence-corrected chi connectivity index (χ2v) is 7.98. The van der Waals surface area contributed by atoms with Gasteiger partial charge in [0, 0.05) is 47.6 Å². The van der Waals surface area contributed by atoms with Crippen molar-refractivity contribution in [3.63, 3.8) is 0 Å². The Morgan fingerprint density at radius 1 is 1.33 bits per heavy atom. The lowest BCUT2D eigenvalue weighted by molar-refractivity contribution is 0.00525. The van der Waals surface area contributed by atoms with Crippen molar-refractivity contribution >= 4 is 15.9 Å². The standard InChI is InChI=1S/C17H26BrN3/c1-3-16(2)13-21(11-14-8-15(18)10-19-9-14)17(12-20-16)6-4-5-7-17/h8-10,20H,3-7,11-13H2,1-2H3. The van der Waals surface area contributed by atoms with Gasteiger partial charge in [0.05, 0.1) is 0 Å². The minimum Gasteiger partial charge on any atom is -0.308 e. The number of nitrogens with one attached hydrogen (secondary N) is 1. The summed E-state index contributed by atoms with van der Waals surface area (Å²) in [4.78, 5) is 7.07. The van der Waals surface area contributed by atoms with Crippen LogP contribution in [0.1, 0.15) is 51.5 Å². The summed E-state index contributed by atoms with van der Waals surface area (Å²) in [5.41, 5.74) is 1.93. The highest BCUT2D eigenvalue weighted by molar-refractivity contribution is 9.10. The first-order chi connectivity index (χ1) is 10.1. The van der Waals surface area contributed by atoms with Crippen molar-refractivity contribution in [3.05, 3.63) is 28.5 Å². The molecular weight excluding hydrogens is 326 g/mol. The highest BCUT2D eigenvalue weighted by Gasteiger charge is 2.46. The van der Waals surface area contributed by atoms with Gasteiger partial charge in [-0.3, -0.25) is 9.88 Å². The molecule has 1 aromatic heterocycles. The maximum Gasteiger partial charge on any atom is 0.0410 e. The molecule has 0 radical (unpaired) electrons. The first kappa shape index (κ1) is 15.4. The fourth-order valence-corrected chi connectivity index (χ4v) is 4.30. The predicted molar refractivity (Wildman–Crippen MR) is 90.2 cm³/mol. The van der Waals surface area contributed by atoms with Crippen LogP contribution < -0.4 is 5.32 Å². The summed E-state index contributed by atoms with van der Waals surface area (Å²) in [5.74, 6) is 0. The smallest absolute Gasteiger partial charge is 0.0410 e. The van der Waals surface area contributed by atoms with Crippen molar-refractivity contribution < 1.29 is 0 Å². The number of hydrogen-bond donors (Lipinski definition) is 1. The molecule has 1 unspecified atom stereocenters. The number of rotatable bonds is 3. The zero-order chi connectivity index (χ0) is 14.9. The molecule has 1 aliphatic heterocycles. The molecule has 21 heavy (non-hydrogen) atoms. The van der Waals surface area contributed by atoms with Gasteiger partial charge >= 0.3 is 0 Å². The number of aromatic nitrogens is 1. The molecule has 1 aromatic rings. The van der Waals surface area contributed by atoms with Crippen LogP contribution in [0.5, 0.6) is 0 Å². The molecule has 0 amide bonds. The zero-order valence-electron chi connectivity index (χ0n) is 13.2. The Morgan fingerprint density at radius 2 is 2.10 bits per heavy atom. The summed E-state index contributed by atoms with van der Waals surface area (Å²) in [6, 6.07) is 2.21. The summed E-state index contributed by atoms with van der Waals surface area (Å²) in [6.07, 6.45) is 10.5. The van der Waals surface area contributed by atoms with Gasteiger partial charge in [-0.1, -0.05) is 19.8 Å². The zero-order valence-corrected chi connectivity index (χ0v) is 14.7. The predicted octanol–water partition coefficient (Wildman–Crippen LogP) is 3.73.